The van der Waals surface area contributed by atoms with Crippen molar-refractivity contribution in [1.82, 2.24) is 19.9 Å². The van der Waals surface area contributed by atoms with Gasteiger partial charge in [0.2, 0.25) is 11.2 Å². The van der Waals surface area contributed by atoms with Crippen molar-refractivity contribution in [3.63, 3.8) is 0 Å². The van der Waals surface area contributed by atoms with Gasteiger partial charge in [-0.1, -0.05) is 0 Å². The summed E-state index contributed by atoms with van der Waals surface area (Å²) in [6.07, 6.45) is 4.25. The van der Waals surface area contributed by atoms with Crippen LogP contribution < -0.4 is 5.32 Å². The summed E-state index contributed by atoms with van der Waals surface area (Å²) >= 11 is 5.66. The normalized spacial score (nSPS) is 16.0. The fraction of sp³-hybridized carbons (Fsp3) is 0.286. The smallest absolute Gasteiger partial charge is 0.258 e. The molecule has 3 aromatic rings. The van der Waals surface area contributed by atoms with Gasteiger partial charge in [-0.2, -0.15) is 0 Å². The highest BCUT2D eigenvalue weighted by atomic mass is 35.5. The third-order valence-electron chi connectivity index (χ3n) is 5.27. The zero-order valence-corrected chi connectivity index (χ0v) is 17.2. The molecule has 0 aliphatic heterocycles. The van der Waals surface area contributed by atoms with E-state index in [0.29, 0.717) is 11.8 Å². The molecule has 166 valence electrons. The largest absolute Gasteiger partial charge is 0.320 e. The topological polar surface area (TPSA) is 80.7 Å². The Labute approximate surface area is 185 Å². The van der Waals surface area contributed by atoms with Crippen LogP contribution in [0.3, 0.4) is 0 Å². The molecule has 1 aliphatic carbocycles. The fourth-order valence-corrected chi connectivity index (χ4v) is 3.76. The van der Waals surface area contributed by atoms with Crippen LogP contribution in [-0.2, 0) is 0 Å². The van der Waals surface area contributed by atoms with Gasteiger partial charge in [-0.25, -0.2) is 27.5 Å². The fourth-order valence-electron chi connectivity index (χ4n) is 3.66. The first-order valence-corrected chi connectivity index (χ1v) is 10.1. The molecule has 1 aliphatic rings. The molecule has 11 heteroatoms. The number of hydrogen-bond donors (Lipinski definition) is 1. The van der Waals surface area contributed by atoms with Crippen LogP contribution in [-0.4, -0.2) is 31.8 Å². The van der Waals surface area contributed by atoms with E-state index in [1.165, 1.54) is 24.7 Å². The minimum atomic E-state index is -2.76. The Hall–Kier alpha value is -3.14. The lowest BCUT2D eigenvalue weighted by Crippen LogP contribution is -2.25. The van der Waals surface area contributed by atoms with E-state index in [1.54, 1.807) is 0 Å². The lowest BCUT2D eigenvalue weighted by molar-refractivity contribution is -0.0384. The number of rotatable bonds is 4. The van der Waals surface area contributed by atoms with Crippen LogP contribution in [0.15, 0.2) is 36.9 Å². The summed E-state index contributed by atoms with van der Waals surface area (Å²) in [6, 6.07) is 2.08. The molecule has 1 saturated carbocycles. The standard InChI is InChI=1S/C21H16ClF4N5O/c22-20-29-8-12(9-30-20)19(32)31-18-14(17-15(24)7-13(23)10-28-17)3-6-27-16(18)11-1-4-21(25,26)5-2-11/h3,6-11H,1-2,4-5H2,(H,31,32). The summed E-state index contributed by atoms with van der Waals surface area (Å²) in [5, 5.41) is 2.61. The third kappa shape index (κ3) is 4.69. The zero-order chi connectivity index (χ0) is 22.9. The van der Waals surface area contributed by atoms with Crippen LogP contribution in [0.1, 0.15) is 47.7 Å². The van der Waals surface area contributed by atoms with E-state index in [0.717, 1.165) is 6.20 Å². The summed E-state index contributed by atoms with van der Waals surface area (Å²) in [6.45, 7) is 0. The molecule has 3 aromatic heterocycles. The lowest BCUT2D eigenvalue weighted by Gasteiger charge is -2.29. The SMILES string of the molecule is O=C(Nc1c(-c2ncc(F)cc2F)ccnc1C1CCC(F)(F)CC1)c1cnc(Cl)nc1. The second-order valence-corrected chi connectivity index (χ2v) is 7.77. The Morgan fingerprint density at radius 1 is 1.06 bits per heavy atom. The average Bonchev–Trinajstić information content (AvgIpc) is 2.75. The summed E-state index contributed by atoms with van der Waals surface area (Å²) in [4.78, 5) is 28.5. The number of nitrogens with one attached hydrogen (secondary N) is 1. The Balaban J connectivity index is 1.78. The number of hydrogen-bond acceptors (Lipinski definition) is 5. The molecule has 32 heavy (non-hydrogen) atoms. The predicted molar refractivity (Wildman–Crippen MR) is 109 cm³/mol. The van der Waals surface area contributed by atoms with E-state index in [-0.39, 0.29) is 53.5 Å². The van der Waals surface area contributed by atoms with Crippen molar-refractivity contribution in [2.24, 2.45) is 0 Å². The van der Waals surface area contributed by atoms with E-state index in [2.05, 4.69) is 25.3 Å². The molecular weight excluding hydrogens is 450 g/mol. The molecule has 0 unspecified atom stereocenters. The molecular formula is C21H16ClF4N5O. The first-order chi connectivity index (χ1) is 15.2. The van der Waals surface area contributed by atoms with Crippen LogP contribution in [0.4, 0.5) is 23.2 Å². The quantitative estimate of drug-likeness (QED) is 0.411. The molecule has 4 rings (SSSR count). The van der Waals surface area contributed by atoms with Crippen LogP contribution in [0, 0.1) is 11.6 Å². The van der Waals surface area contributed by atoms with Crippen LogP contribution >= 0.6 is 11.6 Å². The average molecular weight is 466 g/mol. The molecule has 6 nitrogen and oxygen atoms in total. The number of nitrogens with zero attached hydrogens (tertiary/aromatic N) is 4. The van der Waals surface area contributed by atoms with Gasteiger partial charge < -0.3 is 5.32 Å². The number of halogens is 5. The van der Waals surface area contributed by atoms with Gasteiger partial charge in [0.15, 0.2) is 5.82 Å². The Morgan fingerprint density at radius 2 is 1.75 bits per heavy atom. The lowest BCUT2D eigenvalue weighted by atomic mass is 9.83. The summed E-state index contributed by atoms with van der Waals surface area (Å²) in [7, 11) is 0. The van der Waals surface area contributed by atoms with Crippen molar-refractivity contribution in [3.05, 3.63) is 65.1 Å². The van der Waals surface area contributed by atoms with Gasteiger partial charge in [-0.05, 0) is 30.5 Å². The maximum atomic E-state index is 14.5. The summed E-state index contributed by atoms with van der Waals surface area (Å²) < 4.78 is 55.3. The van der Waals surface area contributed by atoms with Crippen molar-refractivity contribution in [3.8, 4) is 11.3 Å². The number of pyridine rings is 2. The zero-order valence-electron chi connectivity index (χ0n) is 16.5. The molecule has 0 spiro atoms. The monoisotopic (exact) mass is 465 g/mol. The Morgan fingerprint density at radius 3 is 2.41 bits per heavy atom. The number of carbonyl (C=O) groups is 1. The van der Waals surface area contributed by atoms with E-state index < -0.39 is 29.4 Å². The van der Waals surface area contributed by atoms with Gasteiger partial charge in [-0.3, -0.25) is 14.8 Å². The van der Waals surface area contributed by atoms with Crippen molar-refractivity contribution >= 4 is 23.2 Å². The molecule has 1 amide bonds. The van der Waals surface area contributed by atoms with Gasteiger partial charge >= 0.3 is 0 Å². The predicted octanol–water partition coefficient (Wildman–Crippen LogP) is 5.41. The van der Waals surface area contributed by atoms with Gasteiger partial charge in [0, 0.05) is 49.0 Å². The molecule has 1 fully saturated rings. The Bertz CT molecular complexity index is 1150. The molecule has 0 aromatic carbocycles. The second kappa shape index (κ2) is 8.78. The van der Waals surface area contributed by atoms with Crippen LogP contribution in [0.2, 0.25) is 5.28 Å². The maximum Gasteiger partial charge on any atom is 0.258 e. The minimum Gasteiger partial charge on any atom is -0.320 e. The summed E-state index contributed by atoms with van der Waals surface area (Å²) in [5.74, 6) is -5.60. The van der Waals surface area contributed by atoms with Crippen LogP contribution in [0.5, 0.6) is 0 Å². The van der Waals surface area contributed by atoms with Crippen molar-refractivity contribution in [2.45, 2.75) is 37.5 Å². The van der Waals surface area contributed by atoms with Gasteiger partial charge in [0.05, 0.1) is 23.1 Å². The van der Waals surface area contributed by atoms with E-state index >= 15 is 0 Å². The summed E-state index contributed by atoms with van der Waals surface area (Å²) in [5.41, 5.74) is 0.442. The van der Waals surface area contributed by atoms with Crippen molar-refractivity contribution in [1.29, 1.82) is 0 Å². The van der Waals surface area contributed by atoms with Gasteiger partial charge in [-0.15, -0.1) is 0 Å². The third-order valence-corrected chi connectivity index (χ3v) is 5.46. The molecule has 0 radical (unpaired) electrons. The van der Waals surface area contributed by atoms with E-state index in [9.17, 15) is 22.4 Å². The van der Waals surface area contributed by atoms with Crippen LogP contribution in [0.25, 0.3) is 11.3 Å². The highest BCUT2D eigenvalue weighted by molar-refractivity contribution is 6.28. The highest BCUT2D eigenvalue weighted by Gasteiger charge is 2.37. The van der Waals surface area contributed by atoms with Gasteiger partial charge in [0.1, 0.15) is 11.5 Å². The maximum absolute atomic E-state index is 14.5. The van der Waals surface area contributed by atoms with Crippen molar-refractivity contribution in [2.75, 3.05) is 5.32 Å². The second-order valence-electron chi connectivity index (χ2n) is 7.43. The molecule has 0 bridgehead atoms. The highest BCUT2D eigenvalue weighted by Crippen LogP contribution is 2.44. The van der Waals surface area contributed by atoms with Gasteiger partial charge in [0.25, 0.3) is 5.91 Å². The number of amides is 1. The number of alkyl halides is 2. The first kappa shape index (κ1) is 22.1. The first-order valence-electron chi connectivity index (χ1n) is 9.70. The Kier molecular flexibility index (Phi) is 6.05. The number of aromatic nitrogens is 4. The number of carbonyl (C=O) groups excluding carboxylic acids is 1. The molecule has 1 N–H and O–H groups in total. The minimum absolute atomic E-state index is 0.0509. The van der Waals surface area contributed by atoms with Crippen molar-refractivity contribution < 1.29 is 22.4 Å². The number of anilines is 1. The molecule has 0 atom stereocenters. The van der Waals surface area contributed by atoms with E-state index in [1.807, 2.05) is 0 Å². The van der Waals surface area contributed by atoms with E-state index in [4.69, 9.17) is 11.6 Å². The molecule has 3 heterocycles. The molecule has 0 saturated heterocycles.